The highest BCUT2D eigenvalue weighted by atomic mass is 32.1. The molecule has 0 aliphatic rings. The summed E-state index contributed by atoms with van der Waals surface area (Å²) in [5, 5.41) is 2.61. The maximum atomic E-state index is 13.6. The fraction of sp³-hybridized carbons (Fsp3) is 0.222. The van der Waals surface area contributed by atoms with Gasteiger partial charge in [0.15, 0.2) is 5.13 Å². The number of hydrogen-bond donors (Lipinski definition) is 1. The van der Waals surface area contributed by atoms with E-state index in [0.717, 1.165) is 29.5 Å². The highest BCUT2D eigenvalue weighted by molar-refractivity contribution is 7.22. The van der Waals surface area contributed by atoms with Crippen molar-refractivity contribution >= 4 is 32.6 Å². The van der Waals surface area contributed by atoms with E-state index in [0.29, 0.717) is 4.70 Å². The molecular weight excluding hydrogens is 401 g/mol. The van der Waals surface area contributed by atoms with E-state index >= 15 is 0 Å². The molecule has 1 amide bonds. The van der Waals surface area contributed by atoms with Gasteiger partial charge in [0.25, 0.3) is 0 Å². The van der Waals surface area contributed by atoms with Crippen LogP contribution in [0.15, 0.2) is 36.4 Å². The third kappa shape index (κ3) is 4.22. The number of para-hydroxylation sites is 1. The smallest absolute Gasteiger partial charge is 0.350 e. The third-order valence-electron chi connectivity index (χ3n) is 3.94. The zero-order valence-corrected chi connectivity index (χ0v) is 15.3. The second kappa shape index (κ2) is 7.70. The standard InChI is InChI=1S/C18H14F5N3OS/c1-26(9-15(27)24-8-10-12(19)5-3-6-13(10)20)17-25-16-11(18(21,22)23)4-2-7-14(16)28-17/h2-7H,8-9H2,1H3,(H,24,27). The van der Waals surface area contributed by atoms with Crippen LogP contribution in [-0.4, -0.2) is 24.5 Å². The molecule has 0 atom stereocenters. The predicted molar refractivity (Wildman–Crippen MR) is 96.1 cm³/mol. The van der Waals surface area contributed by atoms with Gasteiger partial charge in [0.05, 0.1) is 22.3 Å². The summed E-state index contributed by atoms with van der Waals surface area (Å²) in [4.78, 5) is 17.4. The van der Waals surface area contributed by atoms with Crippen molar-refractivity contribution < 1.29 is 26.7 Å². The number of aromatic nitrogens is 1. The number of fused-ring (bicyclic) bond motifs is 1. The molecule has 0 aliphatic heterocycles. The number of likely N-dealkylation sites (N-methyl/N-ethyl adjacent to an activating group) is 1. The molecule has 1 heterocycles. The number of carbonyl (C=O) groups excluding carboxylic acids is 1. The first-order valence-electron chi connectivity index (χ1n) is 8.04. The molecule has 0 bridgehead atoms. The summed E-state index contributed by atoms with van der Waals surface area (Å²) in [7, 11) is 1.49. The maximum Gasteiger partial charge on any atom is 0.418 e. The minimum absolute atomic E-state index is 0.185. The van der Waals surface area contributed by atoms with Gasteiger partial charge in [0.1, 0.15) is 11.6 Å². The quantitative estimate of drug-likeness (QED) is 0.631. The molecule has 0 spiro atoms. The fourth-order valence-electron chi connectivity index (χ4n) is 2.56. The second-order valence-corrected chi connectivity index (χ2v) is 6.99. The number of anilines is 1. The van der Waals surface area contributed by atoms with E-state index in [9.17, 15) is 26.7 Å². The number of nitrogens with one attached hydrogen (secondary N) is 1. The second-order valence-electron chi connectivity index (χ2n) is 5.98. The lowest BCUT2D eigenvalue weighted by Gasteiger charge is -2.15. The van der Waals surface area contributed by atoms with E-state index in [4.69, 9.17) is 0 Å². The Kier molecular flexibility index (Phi) is 5.50. The normalized spacial score (nSPS) is 11.6. The molecule has 28 heavy (non-hydrogen) atoms. The van der Waals surface area contributed by atoms with Gasteiger partial charge in [-0.15, -0.1) is 0 Å². The number of nitrogens with zero attached hydrogens (tertiary/aromatic N) is 2. The Morgan fingerprint density at radius 2 is 1.79 bits per heavy atom. The number of alkyl halides is 3. The summed E-state index contributed by atoms with van der Waals surface area (Å²) in [6, 6.07) is 7.13. The van der Waals surface area contributed by atoms with Crippen LogP contribution >= 0.6 is 11.3 Å². The molecule has 0 radical (unpaired) electrons. The van der Waals surface area contributed by atoms with Crippen LogP contribution in [0.4, 0.5) is 27.1 Å². The van der Waals surface area contributed by atoms with Gasteiger partial charge in [0.2, 0.25) is 5.91 Å². The Morgan fingerprint density at radius 3 is 2.43 bits per heavy atom. The van der Waals surface area contributed by atoms with Crippen LogP contribution in [0.3, 0.4) is 0 Å². The van der Waals surface area contributed by atoms with Crippen LogP contribution in [0.1, 0.15) is 11.1 Å². The van der Waals surface area contributed by atoms with Crippen molar-refractivity contribution in [2.75, 3.05) is 18.5 Å². The lowest BCUT2D eigenvalue weighted by atomic mass is 10.2. The SMILES string of the molecule is CN(CC(=O)NCc1c(F)cccc1F)c1nc2c(C(F)(F)F)cccc2s1. The number of carbonyl (C=O) groups is 1. The first kappa shape index (κ1) is 20.0. The Morgan fingerprint density at radius 1 is 1.14 bits per heavy atom. The molecular formula is C18H14F5N3OS. The monoisotopic (exact) mass is 415 g/mol. The molecule has 1 aromatic heterocycles. The first-order chi connectivity index (χ1) is 13.2. The molecule has 3 rings (SSSR count). The minimum Gasteiger partial charge on any atom is -0.350 e. The Labute approximate surface area is 160 Å². The van der Waals surface area contributed by atoms with E-state index in [2.05, 4.69) is 10.3 Å². The molecule has 0 unspecified atom stereocenters. The molecule has 2 aromatic carbocycles. The van der Waals surface area contributed by atoms with E-state index in [1.54, 1.807) is 0 Å². The molecule has 0 fully saturated rings. The Bertz CT molecular complexity index is 998. The van der Waals surface area contributed by atoms with Crippen LogP contribution in [0.5, 0.6) is 0 Å². The number of rotatable bonds is 5. The van der Waals surface area contributed by atoms with Gasteiger partial charge in [-0.1, -0.05) is 23.5 Å². The van der Waals surface area contributed by atoms with Gasteiger partial charge in [-0.05, 0) is 24.3 Å². The maximum absolute atomic E-state index is 13.6. The minimum atomic E-state index is -4.54. The zero-order chi connectivity index (χ0) is 20.5. The summed E-state index contributed by atoms with van der Waals surface area (Å²) in [6.07, 6.45) is -4.54. The fourth-order valence-corrected chi connectivity index (χ4v) is 3.51. The topological polar surface area (TPSA) is 45.2 Å². The van der Waals surface area contributed by atoms with Gasteiger partial charge < -0.3 is 10.2 Å². The van der Waals surface area contributed by atoms with Gasteiger partial charge in [-0.2, -0.15) is 13.2 Å². The number of benzene rings is 2. The van der Waals surface area contributed by atoms with Crippen molar-refractivity contribution in [3.63, 3.8) is 0 Å². The van der Waals surface area contributed by atoms with Crippen molar-refractivity contribution in [2.45, 2.75) is 12.7 Å². The number of amides is 1. The van der Waals surface area contributed by atoms with Gasteiger partial charge in [-0.25, -0.2) is 13.8 Å². The Hall–Kier alpha value is -2.75. The average Bonchev–Trinajstić information content (AvgIpc) is 3.04. The van der Waals surface area contributed by atoms with E-state index in [1.807, 2.05) is 0 Å². The van der Waals surface area contributed by atoms with E-state index < -0.39 is 29.3 Å². The largest absolute Gasteiger partial charge is 0.418 e. The van der Waals surface area contributed by atoms with Gasteiger partial charge >= 0.3 is 6.18 Å². The summed E-state index contributed by atoms with van der Waals surface area (Å²) in [5.74, 6) is -2.11. The molecule has 1 N–H and O–H groups in total. The van der Waals surface area contributed by atoms with Crippen LogP contribution in [0, 0.1) is 11.6 Å². The van der Waals surface area contributed by atoms with Crippen LogP contribution in [0.25, 0.3) is 10.2 Å². The van der Waals surface area contributed by atoms with Crippen LogP contribution in [-0.2, 0) is 17.5 Å². The summed E-state index contributed by atoms with van der Waals surface area (Å²) in [5.41, 5.74) is -1.30. The molecule has 0 aliphatic carbocycles. The molecule has 148 valence electrons. The van der Waals surface area contributed by atoms with E-state index in [-0.39, 0.29) is 29.3 Å². The molecule has 0 saturated carbocycles. The molecule has 3 aromatic rings. The van der Waals surface area contributed by atoms with E-state index in [1.165, 1.54) is 30.1 Å². The first-order valence-corrected chi connectivity index (χ1v) is 8.86. The summed E-state index contributed by atoms with van der Waals surface area (Å²) < 4.78 is 66.8. The van der Waals surface area contributed by atoms with Crippen LogP contribution in [0.2, 0.25) is 0 Å². The summed E-state index contributed by atoms with van der Waals surface area (Å²) in [6.45, 7) is -0.583. The highest BCUT2D eigenvalue weighted by Gasteiger charge is 2.34. The lowest BCUT2D eigenvalue weighted by Crippen LogP contribution is -2.35. The summed E-state index contributed by atoms with van der Waals surface area (Å²) >= 11 is 1.01. The zero-order valence-electron chi connectivity index (χ0n) is 14.5. The van der Waals surface area contributed by atoms with Crippen molar-refractivity contribution in [1.82, 2.24) is 10.3 Å². The average molecular weight is 415 g/mol. The molecule has 10 heteroatoms. The number of hydrogen-bond acceptors (Lipinski definition) is 4. The molecule has 0 saturated heterocycles. The third-order valence-corrected chi connectivity index (χ3v) is 5.08. The Balaban J connectivity index is 1.71. The van der Waals surface area contributed by atoms with Gasteiger partial charge in [0, 0.05) is 19.2 Å². The lowest BCUT2D eigenvalue weighted by molar-refractivity contribution is -0.136. The predicted octanol–water partition coefficient (Wildman–Crippen LogP) is 4.35. The van der Waals surface area contributed by atoms with Crippen molar-refractivity contribution in [3.8, 4) is 0 Å². The van der Waals surface area contributed by atoms with Crippen molar-refractivity contribution in [1.29, 1.82) is 0 Å². The van der Waals surface area contributed by atoms with Gasteiger partial charge in [-0.3, -0.25) is 4.79 Å². The van der Waals surface area contributed by atoms with Crippen LogP contribution < -0.4 is 10.2 Å². The number of thiazole rings is 1. The highest BCUT2D eigenvalue weighted by Crippen LogP contribution is 2.38. The number of halogens is 5. The van der Waals surface area contributed by atoms with Crippen molar-refractivity contribution in [2.24, 2.45) is 0 Å². The van der Waals surface area contributed by atoms with Crippen molar-refractivity contribution in [3.05, 3.63) is 59.2 Å². The molecule has 4 nitrogen and oxygen atoms in total.